The highest BCUT2D eigenvalue weighted by Gasteiger charge is 2.26. The monoisotopic (exact) mass is 387 g/mol. The molecule has 2 aliphatic heterocycles. The number of nitrogens with zero attached hydrogens (tertiary/aromatic N) is 1. The van der Waals surface area contributed by atoms with Crippen molar-refractivity contribution in [3.8, 4) is 0 Å². The van der Waals surface area contributed by atoms with Gasteiger partial charge in [0.1, 0.15) is 0 Å². The summed E-state index contributed by atoms with van der Waals surface area (Å²) in [5.74, 6) is 1.05. The summed E-state index contributed by atoms with van der Waals surface area (Å²) in [6.45, 7) is 9.45. The van der Waals surface area contributed by atoms with E-state index in [2.05, 4.69) is 17.6 Å². The van der Waals surface area contributed by atoms with E-state index in [9.17, 15) is 9.59 Å². The number of anilines is 1. The molecule has 3 atom stereocenters. The number of hydrogen-bond donors (Lipinski definition) is 2. The van der Waals surface area contributed by atoms with Gasteiger partial charge in [0.05, 0.1) is 12.2 Å². The third-order valence-electron chi connectivity index (χ3n) is 5.82. The molecule has 28 heavy (non-hydrogen) atoms. The number of morpholine rings is 1. The van der Waals surface area contributed by atoms with Gasteiger partial charge in [0.2, 0.25) is 5.91 Å². The second-order valence-electron chi connectivity index (χ2n) is 8.36. The van der Waals surface area contributed by atoms with Crippen molar-refractivity contribution in [1.29, 1.82) is 0 Å². The fraction of sp³-hybridized carbons (Fsp3) is 0.636. The van der Waals surface area contributed by atoms with Gasteiger partial charge in [-0.1, -0.05) is 6.92 Å². The van der Waals surface area contributed by atoms with Crippen LogP contribution in [0.3, 0.4) is 0 Å². The van der Waals surface area contributed by atoms with Crippen LogP contribution in [0.1, 0.15) is 50.4 Å². The molecular formula is C22H33N3O3. The van der Waals surface area contributed by atoms with Crippen LogP contribution in [0.5, 0.6) is 0 Å². The normalized spacial score (nSPS) is 24.6. The first kappa shape index (κ1) is 20.8. The third-order valence-corrected chi connectivity index (χ3v) is 5.82. The van der Waals surface area contributed by atoms with Crippen molar-refractivity contribution in [1.82, 2.24) is 10.2 Å². The van der Waals surface area contributed by atoms with Gasteiger partial charge in [-0.2, -0.15) is 0 Å². The van der Waals surface area contributed by atoms with Gasteiger partial charge in [-0.15, -0.1) is 0 Å². The number of carbonyl (C=O) groups is 2. The molecule has 0 spiro atoms. The quantitative estimate of drug-likeness (QED) is 0.815. The summed E-state index contributed by atoms with van der Waals surface area (Å²) in [6, 6.07) is 7.21. The molecule has 2 saturated heterocycles. The number of amides is 2. The fourth-order valence-electron chi connectivity index (χ4n) is 4.31. The summed E-state index contributed by atoms with van der Waals surface area (Å²) in [6.07, 6.45) is 2.92. The van der Waals surface area contributed by atoms with Crippen molar-refractivity contribution in [2.24, 2.45) is 11.8 Å². The molecule has 3 unspecified atom stereocenters. The Bertz CT molecular complexity index is 660. The van der Waals surface area contributed by atoms with E-state index >= 15 is 0 Å². The average Bonchev–Trinajstić information content (AvgIpc) is 2.68. The summed E-state index contributed by atoms with van der Waals surface area (Å²) in [7, 11) is 0. The molecule has 6 nitrogen and oxygen atoms in total. The second-order valence-corrected chi connectivity index (χ2v) is 8.36. The summed E-state index contributed by atoms with van der Waals surface area (Å²) in [5.41, 5.74) is 1.38. The maximum Gasteiger partial charge on any atom is 0.254 e. The average molecular weight is 388 g/mol. The van der Waals surface area contributed by atoms with Crippen LogP contribution in [-0.4, -0.2) is 55.1 Å². The summed E-state index contributed by atoms with van der Waals surface area (Å²) in [5, 5.41) is 6.34. The predicted octanol–water partition coefficient (Wildman–Crippen LogP) is 2.90. The number of benzene rings is 1. The molecule has 0 aliphatic carbocycles. The largest absolute Gasteiger partial charge is 0.372 e. The van der Waals surface area contributed by atoms with Crippen molar-refractivity contribution >= 4 is 17.5 Å². The zero-order valence-corrected chi connectivity index (χ0v) is 17.2. The smallest absolute Gasteiger partial charge is 0.254 e. The van der Waals surface area contributed by atoms with Crippen molar-refractivity contribution in [3.63, 3.8) is 0 Å². The number of carbonyl (C=O) groups excluding carboxylic acids is 2. The molecule has 154 valence electrons. The molecule has 1 aromatic rings. The van der Waals surface area contributed by atoms with Crippen LogP contribution in [-0.2, 0) is 9.53 Å². The van der Waals surface area contributed by atoms with Crippen LogP contribution >= 0.6 is 0 Å². The van der Waals surface area contributed by atoms with Crippen LogP contribution in [0.2, 0.25) is 0 Å². The standard InChI is InChI=1S/C22H33N3O3/c1-15(18-8-10-23-11-9-18)12-21(26)24-20-6-4-19(5-7-20)22(27)25-13-16(2)28-17(3)14-25/h4-7,15-18,23H,8-14H2,1-3H3,(H,24,26). The Balaban J connectivity index is 1.52. The minimum absolute atomic E-state index is 0.0133. The van der Waals surface area contributed by atoms with Gasteiger partial charge in [-0.05, 0) is 75.9 Å². The number of nitrogens with one attached hydrogen (secondary N) is 2. The van der Waals surface area contributed by atoms with E-state index in [4.69, 9.17) is 4.74 Å². The lowest BCUT2D eigenvalue weighted by Crippen LogP contribution is -2.48. The van der Waals surface area contributed by atoms with Gasteiger partial charge in [-0.25, -0.2) is 0 Å². The van der Waals surface area contributed by atoms with E-state index in [0.717, 1.165) is 31.6 Å². The lowest BCUT2D eigenvalue weighted by Gasteiger charge is -2.35. The maximum absolute atomic E-state index is 12.7. The van der Waals surface area contributed by atoms with Gasteiger partial charge >= 0.3 is 0 Å². The topological polar surface area (TPSA) is 70.7 Å². The zero-order chi connectivity index (χ0) is 20.1. The summed E-state index contributed by atoms with van der Waals surface area (Å²) in [4.78, 5) is 27.0. The molecule has 2 amide bonds. The summed E-state index contributed by atoms with van der Waals surface area (Å²) >= 11 is 0. The highest BCUT2D eigenvalue weighted by molar-refractivity contribution is 5.96. The van der Waals surface area contributed by atoms with E-state index in [-0.39, 0.29) is 24.0 Å². The van der Waals surface area contributed by atoms with Gasteiger partial charge in [0.15, 0.2) is 0 Å². The highest BCUT2D eigenvalue weighted by atomic mass is 16.5. The maximum atomic E-state index is 12.7. The molecule has 6 heteroatoms. The number of piperidine rings is 1. The van der Waals surface area contributed by atoms with Crippen LogP contribution in [0.15, 0.2) is 24.3 Å². The Hall–Kier alpha value is -1.92. The van der Waals surface area contributed by atoms with Crippen molar-refractivity contribution in [2.45, 2.75) is 52.2 Å². The van der Waals surface area contributed by atoms with Crippen molar-refractivity contribution in [3.05, 3.63) is 29.8 Å². The van der Waals surface area contributed by atoms with Gasteiger partial charge < -0.3 is 20.3 Å². The Morgan fingerprint density at radius 3 is 2.36 bits per heavy atom. The number of ether oxygens (including phenoxy) is 1. The van der Waals surface area contributed by atoms with Crippen LogP contribution < -0.4 is 10.6 Å². The Morgan fingerprint density at radius 1 is 1.14 bits per heavy atom. The zero-order valence-electron chi connectivity index (χ0n) is 17.2. The molecule has 0 aromatic heterocycles. The van der Waals surface area contributed by atoms with Gasteiger partial charge in [0.25, 0.3) is 5.91 Å². The number of rotatable bonds is 5. The van der Waals surface area contributed by atoms with Gasteiger partial charge in [0, 0.05) is 30.8 Å². The minimum atomic E-state index is 0.0133. The molecule has 2 N–H and O–H groups in total. The Kier molecular flexibility index (Phi) is 7.08. The molecule has 1 aromatic carbocycles. The van der Waals surface area contributed by atoms with E-state index in [1.165, 1.54) is 0 Å². The van der Waals surface area contributed by atoms with Crippen molar-refractivity contribution in [2.75, 3.05) is 31.5 Å². The van der Waals surface area contributed by atoms with Crippen LogP contribution in [0, 0.1) is 11.8 Å². The number of hydrogen-bond acceptors (Lipinski definition) is 4. The molecule has 2 aliphatic rings. The van der Waals surface area contributed by atoms with E-state index in [1.807, 2.05) is 30.9 Å². The Morgan fingerprint density at radius 2 is 1.75 bits per heavy atom. The van der Waals surface area contributed by atoms with E-state index in [0.29, 0.717) is 36.9 Å². The predicted molar refractivity (Wildman–Crippen MR) is 110 cm³/mol. The first-order chi connectivity index (χ1) is 13.4. The van der Waals surface area contributed by atoms with E-state index in [1.54, 1.807) is 12.1 Å². The molecular weight excluding hydrogens is 354 g/mol. The SMILES string of the molecule is CC1CN(C(=O)c2ccc(NC(=O)CC(C)C3CCNCC3)cc2)CC(C)O1. The molecule has 2 fully saturated rings. The lowest BCUT2D eigenvalue weighted by molar-refractivity contribution is -0.117. The van der Waals surface area contributed by atoms with E-state index < -0.39 is 0 Å². The molecule has 2 heterocycles. The second kappa shape index (κ2) is 9.52. The highest BCUT2D eigenvalue weighted by Crippen LogP contribution is 2.25. The summed E-state index contributed by atoms with van der Waals surface area (Å²) < 4.78 is 5.70. The van der Waals surface area contributed by atoms with Crippen molar-refractivity contribution < 1.29 is 14.3 Å². The first-order valence-electron chi connectivity index (χ1n) is 10.5. The lowest BCUT2D eigenvalue weighted by atomic mass is 9.84. The molecule has 0 bridgehead atoms. The van der Waals surface area contributed by atoms with Gasteiger partial charge in [-0.3, -0.25) is 9.59 Å². The Labute approximate surface area is 168 Å². The third kappa shape index (κ3) is 5.55. The molecule has 0 saturated carbocycles. The molecule has 0 radical (unpaired) electrons. The van der Waals surface area contributed by atoms with Crippen LogP contribution in [0.4, 0.5) is 5.69 Å². The fourth-order valence-corrected chi connectivity index (χ4v) is 4.31. The van der Waals surface area contributed by atoms with Crippen LogP contribution in [0.25, 0.3) is 0 Å². The first-order valence-corrected chi connectivity index (χ1v) is 10.5. The molecule has 3 rings (SSSR count). The minimum Gasteiger partial charge on any atom is -0.372 e.